The summed E-state index contributed by atoms with van der Waals surface area (Å²) in [4.78, 5) is 9.30. The van der Waals surface area contributed by atoms with Gasteiger partial charge in [0.1, 0.15) is 11.6 Å². The van der Waals surface area contributed by atoms with E-state index in [0.29, 0.717) is 5.92 Å². The number of aryl methyl sites for hydroxylation is 1. The molecule has 1 aromatic heterocycles. The van der Waals surface area contributed by atoms with E-state index < -0.39 is 0 Å². The van der Waals surface area contributed by atoms with E-state index in [1.807, 2.05) is 7.05 Å². The number of halogens is 1. The minimum absolute atomic E-state index is 0.575. The summed E-state index contributed by atoms with van der Waals surface area (Å²) < 4.78 is 1.01. The molecule has 0 bridgehead atoms. The van der Waals surface area contributed by atoms with Crippen molar-refractivity contribution in [3.05, 3.63) is 16.0 Å². The first kappa shape index (κ1) is 11.8. The van der Waals surface area contributed by atoms with Gasteiger partial charge in [0.25, 0.3) is 0 Å². The Morgan fingerprint density at radius 1 is 1.31 bits per heavy atom. The van der Waals surface area contributed by atoms with E-state index in [1.54, 1.807) is 0 Å². The smallest absolute Gasteiger partial charge is 0.144 e. The van der Waals surface area contributed by atoms with Crippen LogP contribution in [0.1, 0.15) is 50.0 Å². The van der Waals surface area contributed by atoms with Gasteiger partial charge >= 0.3 is 0 Å². The van der Waals surface area contributed by atoms with Crippen molar-refractivity contribution in [3.63, 3.8) is 0 Å². The SMILES string of the molecule is CCc1nc(C2CCCC2)nc(NC)c1Br. The van der Waals surface area contributed by atoms with Crippen molar-refractivity contribution in [2.24, 2.45) is 0 Å². The third-order valence-electron chi connectivity index (χ3n) is 3.23. The average Bonchev–Trinajstić information content (AvgIpc) is 2.83. The maximum absolute atomic E-state index is 4.68. The zero-order valence-corrected chi connectivity index (χ0v) is 11.5. The topological polar surface area (TPSA) is 37.8 Å². The number of nitrogens with one attached hydrogen (secondary N) is 1. The zero-order chi connectivity index (χ0) is 11.5. The van der Waals surface area contributed by atoms with E-state index in [9.17, 15) is 0 Å². The molecular weight excluding hydrogens is 266 g/mol. The van der Waals surface area contributed by atoms with E-state index in [1.165, 1.54) is 25.7 Å². The molecule has 0 radical (unpaired) electrons. The van der Waals surface area contributed by atoms with Gasteiger partial charge in [0.15, 0.2) is 0 Å². The van der Waals surface area contributed by atoms with Gasteiger partial charge in [0.05, 0.1) is 10.2 Å². The summed E-state index contributed by atoms with van der Waals surface area (Å²) in [5, 5.41) is 3.14. The van der Waals surface area contributed by atoms with Crippen LogP contribution in [0, 0.1) is 0 Å². The van der Waals surface area contributed by atoms with Gasteiger partial charge in [0, 0.05) is 13.0 Å². The Morgan fingerprint density at radius 3 is 2.56 bits per heavy atom. The largest absolute Gasteiger partial charge is 0.372 e. The lowest BCUT2D eigenvalue weighted by Gasteiger charge is -2.13. The molecule has 3 nitrogen and oxygen atoms in total. The van der Waals surface area contributed by atoms with Gasteiger partial charge in [-0.1, -0.05) is 19.8 Å². The summed E-state index contributed by atoms with van der Waals surface area (Å²) in [5.41, 5.74) is 1.11. The lowest BCUT2D eigenvalue weighted by Crippen LogP contribution is -2.07. The molecule has 0 aromatic carbocycles. The Hall–Kier alpha value is -0.640. The number of hydrogen-bond acceptors (Lipinski definition) is 3. The quantitative estimate of drug-likeness (QED) is 0.923. The Balaban J connectivity index is 2.37. The summed E-state index contributed by atoms with van der Waals surface area (Å²) in [6.45, 7) is 2.13. The van der Waals surface area contributed by atoms with Crippen molar-refractivity contribution in [2.45, 2.75) is 44.9 Å². The second-order valence-corrected chi connectivity index (χ2v) is 5.07. The van der Waals surface area contributed by atoms with E-state index in [0.717, 1.165) is 28.2 Å². The van der Waals surface area contributed by atoms with Crippen molar-refractivity contribution < 1.29 is 0 Å². The fraction of sp³-hybridized carbons (Fsp3) is 0.667. The Kier molecular flexibility index (Phi) is 3.79. The number of nitrogens with zero attached hydrogens (tertiary/aromatic N) is 2. The fourth-order valence-electron chi connectivity index (χ4n) is 2.28. The normalized spacial score (nSPS) is 16.7. The van der Waals surface area contributed by atoms with Crippen LogP contribution in [0.2, 0.25) is 0 Å². The lowest BCUT2D eigenvalue weighted by molar-refractivity contribution is 0.661. The van der Waals surface area contributed by atoms with E-state index in [2.05, 4.69) is 38.1 Å². The summed E-state index contributed by atoms with van der Waals surface area (Å²) in [6.07, 6.45) is 6.07. The first-order chi connectivity index (χ1) is 7.76. The van der Waals surface area contributed by atoms with Crippen molar-refractivity contribution in [1.29, 1.82) is 0 Å². The Morgan fingerprint density at radius 2 is 2.00 bits per heavy atom. The molecule has 88 valence electrons. The molecule has 0 spiro atoms. The first-order valence-electron chi connectivity index (χ1n) is 6.00. The van der Waals surface area contributed by atoms with Gasteiger partial charge in [-0.3, -0.25) is 0 Å². The van der Waals surface area contributed by atoms with E-state index >= 15 is 0 Å². The van der Waals surface area contributed by atoms with Crippen molar-refractivity contribution in [1.82, 2.24) is 9.97 Å². The molecule has 0 atom stereocenters. The molecule has 1 heterocycles. The van der Waals surface area contributed by atoms with Crippen molar-refractivity contribution >= 4 is 21.7 Å². The summed E-state index contributed by atoms with van der Waals surface area (Å²) in [7, 11) is 1.91. The molecule has 0 amide bonds. The molecule has 2 rings (SSSR count). The van der Waals surface area contributed by atoms with Crippen LogP contribution in [0.3, 0.4) is 0 Å². The maximum Gasteiger partial charge on any atom is 0.144 e. The van der Waals surface area contributed by atoms with Gasteiger partial charge in [-0.05, 0) is 35.2 Å². The molecule has 1 aliphatic rings. The van der Waals surface area contributed by atoms with Crippen molar-refractivity contribution in [2.75, 3.05) is 12.4 Å². The van der Waals surface area contributed by atoms with Crippen LogP contribution >= 0.6 is 15.9 Å². The summed E-state index contributed by atoms with van der Waals surface area (Å²) in [5.74, 6) is 2.53. The monoisotopic (exact) mass is 283 g/mol. The van der Waals surface area contributed by atoms with Gasteiger partial charge in [-0.2, -0.15) is 0 Å². The van der Waals surface area contributed by atoms with Gasteiger partial charge in [-0.25, -0.2) is 9.97 Å². The third kappa shape index (κ3) is 2.21. The molecule has 0 aliphatic heterocycles. The van der Waals surface area contributed by atoms with Gasteiger partial charge in [-0.15, -0.1) is 0 Å². The minimum atomic E-state index is 0.575. The highest BCUT2D eigenvalue weighted by Gasteiger charge is 2.21. The molecule has 4 heteroatoms. The highest BCUT2D eigenvalue weighted by molar-refractivity contribution is 9.10. The van der Waals surface area contributed by atoms with Crippen LogP contribution in [0.25, 0.3) is 0 Å². The van der Waals surface area contributed by atoms with Gasteiger partial charge in [0.2, 0.25) is 0 Å². The van der Waals surface area contributed by atoms with Crippen LogP contribution in [-0.2, 0) is 6.42 Å². The second kappa shape index (κ2) is 5.13. The lowest BCUT2D eigenvalue weighted by atomic mass is 10.1. The zero-order valence-electron chi connectivity index (χ0n) is 9.89. The summed E-state index contributed by atoms with van der Waals surface area (Å²) in [6, 6.07) is 0. The predicted octanol–water partition coefficient (Wildman–Crippen LogP) is 3.50. The molecule has 1 aliphatic carbocycles. The average molecular weight is 284 g/mol. The highest BCUT2D eigenvalue weighted by Crippen LogP contribution is 2.34. The molecule has 1 fully saturated rings. The predicted molar refractivity (Wildman–Crippen MR) is 69.9 cm³/mol. The van der Waals surface area contributed by atoms with Crippen LogP contribution in [0.15, 0.2) is 4.47 Å². The van der Waals surface area contributed by atoms with Crippen LogP contribution in [0.4, 0.5) is 5.82 Å². The Labute approximate surface area is 105 Å². The number of anilines is 1. The third-order valence-corrected chi connectivity index (χ3v) is 4.06. The molecule has 1 aromatic rings. The fourth-order valence-corrected chi connectivity index (χ4v) is 2.94. The maximum atomic E-state index is 4.68. The standard InChI is InChI=1S/C12H18BrN3/c1-3-9-10(13)12(14-2)16-11(15-9)8-6-4-5-7-8/h8H,3-7H2,1-2H3,(H,14,15,16). The molecule has 0 unspecified atom stereocenters. The van der Waals surface area contributed by atoms with Crippen LogP contribution in [0.5, 0.6) is 0 Å². The number of hydrogen-bond donors (Lipinski definition) is 1. The molecule has 0 saturated heterocycles. The number of rotatable bonds is 3. The van der Waals surface area contributed by atoms with Crippen LogP contribution < -0.4 is 5.32 Å². The number of aromatic nitrogens is 2. The van der Waals surface area contributed by atoms with E-state index in [-0.39, 0.29) is 0 Å². The van der Waals surface area contributed by atoms with E-state index in [4.69, 9.17) is 0 Å². The molecule has 1 N–H and O–H groups in total. The molecule has 16 heavy (non-hydrogen) atoms. The molecule has 1 saturated carbocycles. The second-order valence-electron chi connectivity index (χ2n) is 4.28. The Bertz CT molecular complexity index is 348. The minimum Gasteiger partial charge on any atom is -0.372 e. The summed E-state index contributed by atoms with van der Waals surface area (Å²) >= 11 is 3.56. The first-order valence-corrected chi connectivity index (χ1v) is 6.79. The van der Waals surface area contributed by atoms with Crippen LogP contribution in [-0.4, -0.2) is 17.0 Å². The highest BCUT2D eigenvalue weighted by atomic mass is 79.9. The molecular formula is C12H18BrN3. The van der Waals surface area contributed by atoms with Gasteiger partial charge < -0.3 is 5.32 Å². The van der Waals surface area contributed by atoms with Crippen molar-refractivity contribution in [3.8, 4) is 0 Å².